The lowest BCUT2D eigenvalue weighted by Gasteiger charge is -2.37. The SMILES string of the molecule is CC(=O)Oc1c2n(c(=O)n(C(C)C)c1=O)C(CCN(C)Cc1ccccc1)CN(Cc1ccc(F)cc1)C2=O.CCN(CC)CC. The van der Waals surface area contributed by atoms with Crippen molar-refractivity contribution in [3.8, 4) is 5.75 Å². The molecule has 1 atom stereocenters. The van der Waals surface area contributed by atoms with Crippen LogP contribution in [0.25, 0.3) is 0 Å². The van der Waals surface area contributed by atoms with Gasteiger partial charge in [0.1, 0.15) is 5.82 Å². The lowest BCUT2D eigenvalue weighted by molar-refractivity contribution is -0.132. The van der Waals surface area contributed by atoms with Crippen molar-refractivity contribution in [2.75, 3.05) is 39.8 Å². The number of carbonyl (C=O) groups is 2. The first kappa shape index (κ1) is 36.4. The van der Waals surface area contributed by atoms with Gasteiger partial charge in [-0.2, -0.15) is 0 Å². The summed E-state index contributed by atoms with van der Waals surface area (Å²) >= 11 is 0. The summed E-state index contributed by atoms with van der Waals surface area (Å²) < 4.78 is 21.1. The Kier molecular flexibility index (Phi) is 13.4. The van der Waals surface area contributed by atoms with Crippen molar-refractivity contribution in [1.29, 1.82) is 0 Å². The fourth-order valence-electron chi connectivity index (χ4n) is 5.60. The molecule has 4 rings (SSSR count). The molecule has 1 unspecified atom stereocenters. The van der Waals surface area contributed by atoms with Gasteiger partial charge < -0.3 is 19.4 Å². The number of amides is 1. The monoisotopic (exact) mass is 637 g/mol. The number of ether oxygens (including phenoxy) is 1. The molecule has 0 spiro atoms. The molecule has 0 fully saturated rings. The Morgan fingerprint density at radius 2 is 1.57 bits per heavy atom. The van der Waals surface area contributed by atoms with Crippen LogP contribution in [0.2, 0.25) is 0 Å². The first-order chi connectivity index (χ1) is 21.9. The average Bonchev–Trinajstić information content (AvgIpc) is 3.02. The standard InChI is InChI=1S/C29H33FN4O5.C6H15N/c1-19(2)33-28(37)26(39-20(3)35)25-27(36)32(17-22-10-12-23(30)13-11-22)18-24(34(25)29(33)38)14-15-31(4)16-21-8-6-5-7-9-21;1-4-7(5-2)6-3/h5-13,19,24H,14-18H2,1-4H3;4-6H2,1-3H3. The highest BCUT2D eigenvalue weighted by atomic mass is 19.1. The van der Waals surface area contributed by atoms with Gasteiger partial charge in [0.2, 0.25) is 5.75 Å². The van der Waals surface area contributed by atoms with E-state index in [0.29, 0.717) is 25.1 Å². The Hall–Kier alpha value is -4.09. The number of rotatable bonds is 12. The quantitative estimate of drug-likeness (QED) is 0.265. The molecule has 46 heavy (non-hydrogen) atoms. The number of esters is 1. The zero-order chi connectivity index (χ0) is 34.0. The number of fused-ring (bicyclic) bond motifs is 1. The molecule has 10 nitrogen and oxygen atoms in total. The van der Waals surface area contributed by atoms with Gasteiger partial charge in [0.15, 0.2) is 5.69 Å². The van der Waals surface area contributed by atoms with E-state index in [1.807, 2.05) is 37.4 Å². The molecule has 1 aromatic heterocycles. The summed E-state index contributed by atoms with van der Waals surface area (Å²) in [6, 6.07) is 14.7. The fourth-order valence-corrected chi connectivity index (χ4v) is 5.60. The highest BCUT2D eigenvalue weighted by Crippen LogP contribution is 2.28. The predicted molar refractivity (Wildman–Crippen MR) is 178 cm³/mol. The minimum absolute atomic E-state index is 0.135. The fraction of sp³-hybridized carbons (Fsp3) is 0.486. The lowest BCUT2D eigenvalue weighted by Crippen LogP contribution is -2.53. The molecule has 0 N–H and O–H groups in total. The zero-order valence-corrected chi connectivity index (χ0v) is 28.2. The highest BCUT2D eigenvalue weighted by Gasteiger charge is 2.38. The molecule has 0 saturated heterocycles. The number of hydrogen-bond acceptors (Lipinski definition) is 7. The summed E-state index contributed by atoms with van der Waals surface area (Å²) in [6.45, 7) is 16.2. The van der Waals surface area contributed by atoms with Crippen molar-refractivity contribution >= 4 is 11.9 Å². The first-order valence-electron chi connectivity index (χ1n) is 16.0. The van der Waals surface area contributed by atoms with Crippen LogP contribution in [0.5, 0.6) is 5.75 Å². The first-order valence-corrected chi connectivity index (χ1v) is 16.0. The summed E-state index contributed by atoms with van der Waals surface area (Å²) in [5, 5.41) is 0. The van der Waals surface area contributed by atoms with Gasteiger partial charge in [-0.15, -0.1) is 0 Å². The van der Waals surface area contributed by atoms with Crippen LogP contribution in [0.4, 0.5) is 4.39 Å². The van der Waals surface area contributed by atoms with Crippen molar-refractivity contribution in [2.24, 2.45) is 0 Å². The van der Waals surface area contributed by atoms with E-state index < -0.39 is 46.8 Å². The number of halogens is 1. The van der Waals surface area contributed by atoms with E-state index in [4.69, 9.17) is 4.74 Å². The smallest absolute Gasteiger partial charge is 0.332 e. The summed E-state index contributed by atoms with van der Waals surface area (Å²) in [4.78, 5) is 58.7. The van der Waals surface area contributed by atoms with Gasteiger partial charge in [0.25, 0.3) is 11.5 Å². The minimum Gasteiger partial charge on any atom is -0.418 e. The Morgan fingerprint density at radius 3 is 2.09 bits per heavy atom. The maximum absolute atomic E-state index is 13.7. The number of aromatic nitrogens is 2. The second kappa shape index (κ2) is 17.0. The Labute approximate surface area is 271 Å². The summed E-state index contributed by atoms with van der Waals surface area (Å²) in [5.74, 6) is -2.22. The second-order valence-electron chi connectivity index (χ2n) is 11.8. The van der Waals surface area contributed by atoms with Gasteiger partial charge in [-0.1, -0.05) is 63.2 Å². The van der Waals surface area contributed by atoms with Crippen LogP contribution in [0.15, 0.2) is 64.2 Å². The zero-order valence-electron chi connectivity index (χ0n) is 28.2. The largest absolute Gasteiger partial charge is 0.418 e. The molecule has 0 radical (unpaired) electrons. The van der Waals surface area contributed by atoms with Crippen molar-refractivity contribution < 1.29 is 18.7 Å². The molecule has 2 heterocycles. The average molecular weight is 638 g/mol. The molecular formula is C35H48FN5O5. The summed E-state index contributed by atoms with van der Waals surface area (Å²) in [6.07, 6.45) is 0.485. The number of benzene rings is 2. The number of hydrogen-bond donors (Lipinski definition) is 0. The van der Waals surface area contributed by atoms with E-state index >= 15 is 0 Å². The van der Waals surface area contributed by atoms with Gasteiger partial charge in [-0.25, -0.2) is 9.18 Å². The minimum atomic E-state index is -0.826. The van der Waals surface area contributed by atoms with Crippen molar-refractivity contribution in [3.63, 3.8) is 0 Å². The molecule has 0 bridgehead atoms. The second-order valence-corrected chi connectivity index (χ2v) is 11.8. The van der Waals surface area contributed by atoms with Crippen LogP contribution < -0.4 is 16.0 Å². The molecule has 3 aromatic rings. The molecule has 0 saturated carbocycles. The molecule has 250 valence electrons. The van der Waals surface area contributed by atoms with E-state index in [0.717, 1.165) is 17.1 Å². The lowest BCUT2D eigenvalue weighted by atomic mass is 10.1. The molecule has 1 amide bonds. The third kappa shape index (κ3) is 9.23. The maximum atomic E-state index is 13.7. The summed E-state index contributed by atoms with van der Waals surface area (Å²) in [7, 11) is 1.97. The Balaban J connectivity index is 0.000000738. The van der Waals surface area contributed by atoms with Gasteiger partial charge in [0, 0.05) is 39.1 Å². The van der Waals surface area contributed by atoms with Gasteiger partial charge >= 0.3 is 11.7 Å². The Bertz CT molecular complexity index is 1560. The van der Waals surface area contributed by atoms with Crippen molar-refractivity contribution in [1.82, 2.24) is 23.8 Å². The topological polar surface area (TPSA) is 97.1 Å². The highest BCUT2D eigenvalue weighted by molar-refractivity contribution is 5.96. The van der Waals surface area contributed by atoms with Crippen LogP contribution >= 0.6 is 0 Å². The van der Waals surface area contributed by atoms with Crippen molar-refractivity contribution in [3.05, 3.63) is 98.1 Å². The van der Waals surface area contributed by atoms with E-state index in [1.165, 1.54) is 41.2 Å². The molecule has 2 aromatic carbocycles. The van der Waals surface area contributed by atoms with Crippen LogP contribution in [-0.4, -0.2) is 75.5 Å². The van der Waals surface area contributed by atoms with E-state index in [2.05, 4.69) is 30.6 Å². The van der Waals surface area contributed by atoms with Crippen LogP contribution in [0.1, 0.15) is 81.7 Å². The van der Waals surface area contributed by atoms with Crippen LogP contribution in [0.3, 0.4) is 0 Å². The van der Waals surface area contributed by atoms with Gasteiger partial charge in [-0.05, 0) is 70.2 Å². The predicted octanol–water partition coefficient (Wildman–Crippen LogP) is 4.72. The van der Waals surface area contributed by atoms with E-state index in [-0.39, 0.29) is 18.8 Å². The van der Waals surface area contributed by atoms with Gasteiger partial charge in [-0.3, -0.25) is 23.5 Å². The van der Waals surface area contributed by atoms with Crippen LogP contribution in [-0.2, 0) is 17.9 Å². The molecule has 11 heteroatoms. The number of nitrogens with zero attached hydrogens (tertiary/aromatic N) is 5. The molecule has 0 aliphatic carbocycles. The molecule has 1 aliphatic heterocycles. The number of carbonyl (C=O) groups excluding carboxylic acids is 2. The normalized spacial score (nSPS) is 14.4. The van der Waals surface area contributed by atoms with Gasteiger partial charge in [0.05, 0.1) is 6.04 Å². The summed E-state index contributed by atoms with van der Waals surface area (Å²) in [5.41, 5.74) is 0.145. The molecule has 1 aliphatic rings. The van der Waals surface area contributed by atoms with E-state index in [1.54, 1.807) is 26.0 Å². The van der Waals surface area contributed by atoms with Crippen LogP contribution in [0, 0.1) is 5.82 Å². The molecular weight excluding hydrogens is 589 g/mol. The third-order valence-electron chi connectivity index (χ3n) is 8.10. The third-order valence-corrected chi connectivity index (χ3v) is 8.10. The van der Waals surface area contributed by atoms with Crippen molar-refractivity contribution in [2.45, 2.75) is 73.1 Å². The van der Waals surface area contributed by atoms with E-state index in [9.17, 15) is 23.6 Å². The maximum Gasteiger partial charge on any atom is 0.332 e. The Morgan fingerprint density at radius 1 is 0.957 bits per heavy atom.